The monoisotopic (exact) mass is 112 g/mol. The second-order valence-corrected chi connectivity index (χ2v) is 3.35. The zero-order valence-electron chi connectivity index (χ0n) is 5.89. The molecule has 1 aliphatic rings. The van der Waals surface area contributed by atoms with Gasteiger partial charge in [0.05, 0.1) is 21.1 Å². The summed E-state index contributed by atoms with van der Waals surface area (Å²) in [7, 11) is 6.69. The summed E-state index contributed by atoms with van der Waals surface area (Å²) in [6.07, 6.45) is 5.78. The number of hydrogen-bond acceptors (Lipinski definition) is 0. The standard InChI is InChI=1S/C7H14N/c1-8(2,3)7-5-4-6-7/h4-5,7H,6H2,1-3H3/q+1. The van der Waals surface area contributed by atoms with Crippen LogP contribution in [-0.4, -0.2) is 31.7 Å². The van der Waals surface area contributed by atoms with Crippen molar-refractivity contribution >= 4 is 0 Å². The first-order valence-electron chi connectivity index (χ1n) is 3.08. The summed E-state index contributed by atoms with van der Waals surface area (Å²) in [6.45, 7) is 0. The van der Waals surface area contributed by atoms with Gasteiger partial charge in [0.2, 0.25) is 0 Å². The van der Waals surface area contributed by atoms with Gasteiger partial charge in [0.15, 0.2) is 0 Å². The van der Waals surface area contributed by atoms with Gasteiger partial charge in [-0.25, -0.2) is 0 Å². The molecule has 0 aliphatic heterocycles. The highest BCUT2D eigenvalue weighted by Crippen LogP contribution is 2.17. The van der Waals surface area contributed by atoms with Gasteiger partial charge in [-0.05, 0) is 6.08 Å². The Bertz CT molecular complexity index is 108. The van der Waals surface area contributed by atoms with Gasteiger partial charge in [0.1, 0.15) is 6.04 Å². The molecule has 0 spiro atoms. The molecule has 1 nitrogen and oxygen atoms in total. The van der Waals surface area contributed by atoms with Crippen molar-refractivity contribution in [2.45, 2.75) is 12.5 Å². The van der Waals surface area contributed by atoms with Crippen LogP contribution in [0, 0.1) is 0 Å². The van der Waals surface area contributed by atoms with Crippen molar-refractivity contribution in [2.75, 3.05) is 21.1 Å². The highest BCUT2D eigenvalue weighted by atomic mass is 15.3. The third-order valence-corrected chi connectivity index (χ3v) is 1.73. The molecule has 0 amide bonds. The first-order valence-corrected chi connectivity index (χ1v) is 3.08. The maximum atomic E-state index is 2.28. The molecule has 1 unspecified atom stereocenters. The SMILES string of the molecule is C[N+](C)(C)C1C=CC1. The fourth-order valence-electron chi connectivity index (χ4n) is 0.832. The van der Waals surface area contributed by atoms with Crippen molar-refractivity contribution in [3.8, 4) is 0 Å². The Morgan fingerprint density at radius 1 is 1.38 bits per heavy atom. The Labute approximate surface area is 51.2 Å². The van der Waals surface area contributed by atoms with Crippen LogP contribution in [0.3, 0.4) is 0 Å². The number of hydrogen-bond donors (Lipinski definition) is 0. The van der Waals surface area contributed by atoms with Crippen LogP contribution >= 0.6 is 0 Å². The van der Waals surface area contributed by atoms with Crippen molar-refractivity contribution in [1.82, 2.24) is 0 Å². The summed E-state index contributed by atoms with van der Waals surface area (Å²) < 4.78 is 1.08. The lowest BCUT2D eigenvalue weighted by molar-refractivity contribution is -0.890. The largest absolute Gasteiger partial charge is 0.325 e. The summed E-state index contributed by atoms with van der Waals surface area (Å²) in [4.78, 5) is 0. The van der Waals surface area contributed by atoms with E-state index >= 15 is 0 Å². The van der Waals surface area contributed by atoms with Gasteiger partial charge in [-0.3, -0.25) is 0 Å². The zero-order valence-corrected chi connectivity index (χ0v) is 5.89. The van der Waals surface area contributed by atoms with E-state index in [9.17, 15) is 0 Å². The van der Waals surface area contributed by atoms with Crippen LogP contribution in [0.25, 0.3) is 0 Å². The molecule has 0 aromatic rings. The Morgan fingerprint density at radius 2 is 1.88 bits per heavy atom. The predicted molar refractivity (Wildman–Crippen MR) is 35.6 cm³/mol. The van der Waals surface area contributed by atoms with Gasteiger partial charge in [0, 0.05) is 6.42 Å². The average molecular weight is 112 g/mol. The second-order valence-electron chi connectivity index (χ2n) is 3.35. The van der Waals surface area contributed by atoms with E-state index in [0.29, 0.717) is 0 Å². The van der Waals surface area contributed by atoms with Crippen molar-refractivity contribution in [3.63, 3.8) is 0 Å². The molecule has 0 heterocycles. The second kappa shape index (κ2) is 1.59. The lowest BCUT2D eigenvalue weighted by Crippen LogP contribution is -2.46. The molecule has 0 saturated carbocycles. The van der Waals surface area contributed by atoms with Crippen molar-refractivity contribution in [3.05, 3.63) is 12.2 Å². The molecule has 0 fully saturated rings. The molecule has 46 valence electrons. The average Bonchev–Trinajstić information content (AvgIpc) is 1.16. The van der Waals surface area contributed by atoms with E-state index < -0.39 is 0 Å². The van der Waals surface area contributed by atoms with Crippen LogP contribution in [0.1, 0.15) is 6.42 Å². The van der Waals surface area contributed by atoms with Gasteiger partial charge < -0.3 is 4.48 Å². The molecular formula is C7H14N+. The molecule has 0 N–H and O–H groups in total. The Balaban J connectivity index is 2.48. The number of rotatable bonds is 1. The van der Waals surface area contributed by atoms with Gasteiger partial charge in [0.25, 0.3) is 0 Å². The maximum absolute atomic E-state index is 2.28. The van der Waals surface area contributed by atoms with E-state index in [-0.39, 0.29) is 0 Å². The topological polar surface area (TPSA) is 0 Å². The number of nitrogens with zero attached hydrogens (tertiary/aromatic N) is 1. The molecule has 1 aliphatic carbocycles. The number of likely N-dealkylation sites (N-methyl/N-ethyl adjacent to an activating group) is 1. The fourth-order valence-corrected chi connectivity index (χ4v) is 0.832. The van der Waals surface area contributed by atoms with E-state index in [1.807, 2.05) is 0 Å². The maximum Gasteiger partial charge on any atom is 0.110 e. The zero-order chi connectivity index (χ0) is 6.20. The van der Waals surface area contributed by atoms with Crippen molar-refractivity contribution in [1.29, 1.82) is 0 Å². The van der Waals surface area contributed by atoms with Crippen LogP contribution in [0.4, 0.5) is 0 Å². The summed E-state index contributed by atoms with van der Waals surface area (Å²) >= 11 is 0. The molecule has 0 aromatic heterocycles. The smallest absolute Gasteiger partial charge is 0.110 e. The first kappa shape index (κ1) is 5.83. The predicted octanol–water partition coefficient (Wildman–Crippen LogP) is 1.02. The summed E-state index contributed by atoms with van der Waals surface area (Å²) in [5.74, 6) is 0. The third kappa shape index (κ3) is 0.920. The van der Waals surface area contributed by atoms with Gasteiger partial charge >= 0.3 is 0 Å². The van der Waals surface area contributed by atoms with Crippen molar-refractivity contribution in [2.24, 2.45) is 0 Å². The summed E-state index contributed by atoms with van der Waals surface area (Å²) in [5, 5.41) is 0. The van der Waals surface area contributed by atoms with Crippen molar-refractivity contribution < 1.29 is 4.48 Å². The minimum atomic E-state index is 0.787. The molecule has 1 heteroatoms. The minimum Gasteiger partial charge on any atom is -0.325 e. The Hall–Kier alpha value is -0.300. The Kier molecular flexibility index (Phi) is 1.16. The molecular weight excluding hydrogens is 98.1 g/mol. The first-order chi connectivity index (χ1) is 3.61. The van der Waals surface area contributed by atoms with E-state index in [4.69, 9.17) is 0 Å². The molecule has 0 bridgehead atoms. The van der Waals surface area contributed by atoms with Gasteiger partial charge in [-0.15, -0.1) is 0 Å². The molecule has 1 rings (SSSR count). The molecule has 0 aromatic carbocycles. The van der Waals surface area contributed by atoms with Crippen LogP contribution in [0.2, 0.25) is 0 Å². The highest BCUT2D eigenvalue weighted by Gasteiger charge is 2.23. The lowest BCUT2D eigenvalue weighted by Gasteiger charge is -2.35. The molecule has 1 atom stereocenters. The molecule has 8 heavy (non-hydrogen) atoms. The van der Waals surface area contributed by atoms with E-state index in [2.05, 4.69) is 33.3 Å². The van der Waals surface area contributed by atoms with Gasteiger partial charge in [-0.1, -0.05) is 6.08 Å². The van der Waals surface area contributed by atoms with Crippen LogP contribution in [0.5, 0.6) is 0 Å². The lowest BCUT2D eigenvalue weighted by atomic mass is 10.0. The van der Waals surface area contributed by atoms with Crippen LogP contribution in [-0.2, 0) is 0 Å². The third-order valence-electron chi connectivity index (χ3n) is 1.73. The summed E-state index contributed by atoms with van der Waals surface area (Å²) in [5.41, 5.74) is 0. The van der Waals surface area contributed by atoms with Crippen LogP contribution in [0.15, 0.2) is 12.2 Å². The minimum absolute atomic E-state index is 0.787. The fraction of sp³-hybridized carbons (Fsp3) is 0.714. The Morgan fingerprint density at radius 3 is 1.88 bits per heavy atom. The quantitative estimate of drug-likeness (QED) is 0.351. The van der Waals surface area contributed by atoms with E-state index in [1.54, 1.807) is 0 Å². The summed E-state index contributed by atoms with van der Waals surface area (Å²) in [6, 6.07) is 0.787. The highest BCUT2D eigenvalue weighted by molar-refractivity contribution is 5.03. The van der Waals surface area contributed by atoms with Crippen LogP contribution < -0.4 is 0 Å². The molecule has 0 saturated heterocycles. The molecule has 0 radical (unpaired) electrons. The van der Waals surface area contributed by atoms with Gasteiger partial charge in [-0.2, -0.15) is 0 Å². The van der Waals surface area contributed by atoms with E-state index in [0.717, 1.165) is 10.5 Å². The normalized spacial score (nSPS) is 27.6. The van der Waals surface area contributed by atoms with E-state index in [1.165, 1.54) is 6.42 Å². The number of quaternary nitrogens is 1.